The van der Waals surface area contributed by atoms with Crippen molar-refractivity contribution in [3.8, 4) is 12.1 Å². The normalized spacial score (nSPS) is 15.6. The number of allylic oxidation sites excluding steroid dienone is 6. The molecule has 1 aliphatic carbocycles. The third-order valence-electron chi connectivity index (χ3n) is 5.47. The van der Waals surface area contributed by atoms with E-state index in [1.165, 1.54) is 11.1 Å². The van der Waals surface area contributed by atoms with E-state index in [9.17, 15) is 10.5 Å². The fraction of sp³-hybridized carbons (Fsp3) is 0.111. The average molecular weight is 372 g/mol. The van der Waals surface area contributed by atoms with Crippen molar-refractivity contribution in [2.75, 3.05) is 0 Å². The maximum absolute atomic E-state index is 9.64. The van der Waals surface area contributed by atoms with E-state index in [4.69, 9.17) is 0 Å². The Hall–Kier alpha value is -3.88. The molecule has 1 atom stereocenters. The van der Waals surface area contributed by atoms with Gasteiger partial charge in [0.1, 0.15) is 17.7 Å². The first-order valence-corrected chi connectivity index (χ1v) is 9.71. The van der Waals surface area contributed by atoms with Gasteiger partial charge in [-0.2, -0.15) is 10.5 Å². The molecular formula is C27H20N2. The minimum Gasteiger partial charge on any atom is -0.192 e. The minimum atomic E-state index is 0.162. The highest BCUT2D eigenvalue weighted by molar-refractivity contribution is 5.93. The first-order chi connectivity index (χ1) is 14.2. The monoisotopic (exact) mass is 372 g/mol. The number of hydrogen-bond acceptors (Lipinski definition) is 2. The highest BCUT2D eigenvalue weighted by Crippen LogP contribution is 2.40. The zero-order valence-corrected chi connectivity index (χ0v) is 16.3. The summed E-state index contributed by atoms with van der Waals surface area (Å²) in [5.74, 6) is 0.202. The van der Waals surface area contributed by atoms with E-state index in [2.05, 4.69) is 67.6 Å². The molecule has 0 fully saturated rings. The number of nitrogens with zero attached hydrogens (tertiary/aromatic N) is 2. The molecule has 3 aromatic rings. The second-order valence-corrected chi connectivity index (χ2v) is 7.32. The van der Waals surface area contributed by atoms with Crippen molar-refractivity contribution in [1.29, 1.82) is 10.5 Å². The third kappa shape index (κ3) is 3.62. The Labute approximate surface area is 171 Å². The second kappa shape index (κ2) is 8.01. The van der Waals surface area contributed by atoms with Gasteiger partial charge in [0, 0.05) is 5.57 Å². The van der Waals surface area contributed by atoms with Gasteiger partial charge in [0.05, 0.1) is 0 Å². The number of benzene rings is 3. The van der Waals surface area contributed by atoms with Crippen LogP contribution in [0, 0.1) is 28.6 Å². The summed E-state index contributed by atoms with van der Waals surface area (Å²) < 4.78 is 0. The van der Waals surface area contributed by atoms with Crippen molar-refractivity contribution in [3.05, 3.63) is 107 Å². The minimum absolute atomic E-state index is 0.162. The van der Waals surface area contributed by atoms with Crippen LogP contribution < -0.4 is 0 Å². The summed E-state index contributed by atoms with van der Waals surface area (Å²) in [7, 11) is 0. The van der Waals surface area contributed by atoms with E-state index >= 15 is 0 Å². The molecule has 0 saturated heterocycles. The molecule has 0 radical (unpaired) electrons. The van der Waals surface area contributed by atoms with Crippen LogP contribution in [0.2, 0.25) is 0 Å². The standard InChI is InChI=1S/C27H20N2/c1-19-15-23(20-7-3-2-4-8-20)13-14-26(19)27(25(17-28)18-29)24-12-11-21-9-5-6-10-22(21)16-24/h2-14,16,19H,15H2,1H3. The molecule has 0 spiro atoms. The predicted octanol–water partition coefficient (Wildman–Crippen LogP) is 6.69. The third-order valence-corrected chi connectivity index (χ3v) is 5.47. The van der Waals surface area contributed by atoms with Crippen LogP contribution in [-0.2, 0) is 0 Å². The first-order valence-electron chi connectivity index (χ1n) is 9.71. The van der Waals surface area contributed by atoms with Crippen LogP contribution in [-0.4, -0.2) is 0 Å². The lowest BCUT2D eigenvalue weighted by Crippen LogP contribution is -2.08. The van der Waals surface area contributed by atoms with E-state index in [1.807, 2.05) is 36.4 Å². The zero-order valence-electron chi connectivity index (χ0n) is 16.3. The summed E-state index contributed by atoms with van der Waals surface area (Å²) in [4.78, 5) is 0. The molecule has 0 N–H and O–H groups in total. The summed E-state index contributed by atoms with van der Waals surface area (Å²) in [5, 5.41) is 21.5. The molecule has 2 nitrogen and oxygen atoms in total. The van der Waals surface area contributed by atoms with Gasteiger partial charge in [-0.3, -0.25) is 0 Å². The zero-order chi connectivity index (χ0) is 20.2. The molecule has 4 rings (SSSR count). The Balaban J connectivity index is 1.86. The fourth-order valence-electron chi connectivity index (χ4n) is 4.00. The molecule has 0 aliphatic heterocycles. The van der Waals surface area contributed by atoms with E-state index in [0.29, 0.717) is 0 Å². The molecule has 1 aliphatic rings. The Bertz CT molecular complexity index is 1230. The summed E-state index contributed by atoms with van der Waals surface area (Å²) in [6.07, 6.45) is 5.07. The molecule has 0 saturated carbocycles. The Morgan fingerprint density at radius 1 is 0.828 bits per heavy atom. The Morgan fingerprint density at radius 2 is 1.52 bits per heavy atom. The van der Waals surface area contributed by atoms with Gasteiger partial charge < -0.3 is 0 Å². The van der Waals surface area contributed by atoms with Gasteiger partial charge in [0.2, 0.25) is 0 Å². The van der Waals surface area contributed by atoms with Crippen molar-refractivity contribution >= 4 is 21.9 Å². The number of nitriles is 2. The molecule has 3 aromatic carbocycles. The van der Waals surface area contributed by atoms with Crippen molar-refractivity contribution < 1.29 is 0 Å². The van der Waals surface area contributed by atoms with Crippen LogP contribution in [0.15, 0.2) is 96.1 Å². The SMILES string of the molecule is CC1CC(c2ccccc2)=CC=C1C(=C(C#N)C#N)c1ccc2ccccc2c1. The average Bonchev–Trinajstić information content (AvgIpc) is 2.78. The van der Waals surface area contributed by atoms with Crippen LogP contribution in [0.5, 0.6) is 0 Å². The van der Waals surface area contributed by atoms with Gasteiger partial charge in [0.15, 0.2) is 0 Å². The maximum atomic E-state index is 9.64. The summed E-state index contributed by atoms with van der Waals surface area (Å²) in [6.45, 7) is 2.16. The van der Waals surface area contributed by atoms with Crippen molar-refractivity contribution in [2.45, 2.75) is 13.3 Å². The van der Waals surface area contributed by atoms with E-state index < -0.39 is 0 Å². The van der Waals surface area contributed by atoms with Crippen LogP contribution in [0.1, 0.15) is 24.5 Å². The van der Waals surface area contributed by atoms with Gasteiger partial charge in [0.25, 0.3) is 0 Å². The highest BCUT2D eigenvalue weighted by Gasteiger charge is 2.23. The van der Waals surface area contributed by atoms with E-state index in [1.54, 1.807) is 0 Å². The fourth-order valence-corrected chi connectivity index (χ4v) is 4.00. The van der Waals surface area contributed by atoms with E-state index in [-0.39, 0.29) is 11.5 Å². The van der Waals surface area contributed by atoms with Gasteiger partial charge in [-0.1, -0.05) is 85.8 Å². The van der Waals surface area contributed by atoms with Crippen molar-refractivity contribution in [2.24, 2.45) is 5.92 Å². The molecule has 0 aromatic heterocycles. The summed E-state index contributed by atoms with van der Waals surface area (Å²) in [6, 6.07) is 28.8. The molecule has 1 unspecified atom stereocenters. The number of hydrogen-bond donors (Lipinski definition) is 0. The first kappa shape index (κ1) is 18.5. The van der Waals surface area contributed by atoms with Crippen molar-refractivity contribution in [3.63, 3.8) is 0 Å². The molecule has 0 bridgehead atoms. The van der Waals surface area contributed by atoms with Gasteiger partial charge in [-0.15, -0.1) is 0 Å². The second-order valence-electron chi connectivity index (χ2n) is 7.32. The molecule has 29 heavy (non-hydrogen) atoms. The van der Waals surface area contributed by atoms with Crippen molar-refractivity contribution in [1.82, 2.24) is 0 Å². The van der Waals surface area contributed by atoms with Crippen LogP contribution in [0.3, 0.4) is 0 Å². The Kier molecular flexibility index (Phi) is 5.10. The van der Waals surface area contributed by atoms with Crippen LogP contribution in [0.4, 0.5) is 0 Å². The molecule has 138 valence electrons. The molecule has 2 heteroatoms. The summed E-state index contributed by atoms with van der Waals surface area (Å²) >= 11 is 0. The highest BCUT2D eigenvalue weighted by atomic mass is 14.3. The number of fused-ring (bicyclic) bond motifs is 1. The quantitative estimate of drug-likeness (QED) is 0.481. The topological polar surface area (TPSA) is 47.6 Å². The summed E-state index contributed by atoms with van der Waals surface area (Å²) in [5.41, 5.74) is 5.35. The van der Waals surface area contributed by atoms with Gasteiger partial charge in [-0.25, -0.2) is 0 Å². The molecular weight excluding hydrogens is 352 g/mol. The molecule has 0 amide bonds. The predicted molar refractivity (Wildman–Crippen MR) is 118 cm³/mol. The maximum Gasteiger partial charge on any atom is 0.137 e. The lowest BCUT2D eigenvalue weighted by Gasteiger charge is -2.24. The van der Waals surface area contributed by atoms with Crippen LogP contribution >= 0.6 is 0 Å². The van der Waals surface area contributed by atoms with E-state index in [0.717, 1.165) is 33.9 Å². The van der Waals surface area contributed by atoms with Gasteiger partial charge >= 0.3 is 0 Å². The lowest BCUT2D eigenvalue weighted by molar-refractivity contribution is 0.719. The molecule has 0 heterocycles. The smallest absolute Gasteiger partial charge is 0.137 e. The Morgan fingerprint density at radius 3 is 2.21 bits per heavy atom. The van der Waals surface area contributed by atoms with Crippen LogP contribution in [0.25, 0.3) is 21.9 Å². The van der Waals surface area contributed by atoms with Gasteiger partial charge in [-0.05, 0) is 51.5 Å². The number of rotatable bonds is 3. The largest absolute Gasteiger partial charge is 0.192 e. The lowest BCUT2D eigenvalue weighted by atomic mass is 9.79.